The van der Waals surface area contributed by atoms with Gasteiger partial charge in [-0.05, 0) is 37.4 Å². The van der Waals surface area contributed by atoms with E-state index in [1.807, 2.05) is 6.07 Å². The van der Waals surface area contributed by atoms with Crippen molar-refractivity contribution in [3.63, 3.8) is 0 Å². The van der Waals surface area contributed by atoms with Gasteiger partial charge in [0.25, 0.3) is 5.56 Å². The van der Waals surface area contributed by atoms with Gasteiger partial charge in [-0.1, -0.05) is 6.07 Å². The molecular weight excluding hydrogens is 404 g/mol. The second kappa shape index (κ2) is 8.57. The standard InChI is InChI=1S/C20H26N6O3S/c1-23-18-17(19(28)24(2)20(23)29)26(13-22-18)10-7-16(27)21-12-14(15-6-5-11-30-15)25-8-3-4-9-25/h5-6,11,13-14H,3-4,7-10,12H2,1-2H3,(H,21,27)/t14-/m0/s1. The van der Waals surface area contributed by atoms with Crippen LogP contribution >= 0.6 is 11.3 Å². The number of fused-ring (bicyclic) bond motifs is 1. The third kappa shape index (κ3) is 3.84. The number of nitrogens with one attached hydrogen (secondary N) is 1. The van der Waals surface area contributed by atoms with E-state index in [9.17, 15) is 14.4 Å². The van der Waals surface area contributed by atoms with E-state index in [1.54, 1.807) is 23.0 Å². The Morgan fingerprint density at radius 3 is 2.70 bits per heavy atom. The summed E-state index contributed by atoms with van der Waals surface area (Å²) in [7, 11) is 3.02. The molecule has 0 aromatic carbocycles. The van der Waals surface area contributed by atoms with Gasteiger partial charge in [0.15, 0.2) is 11.2 Å². The first-order chi connectivity index (χ1) is 14.5. The molecule has 0 radical (unpaired) electrons. The molecule has 4 rings (SSSR count). The fourth-order valence-electron chi connectivity index (χ4n) is 4.03. The Balaban J connectivity index is 1.43. The summed E-state index contributed by atoms with van der Waals surface area (Å²) in [5.74, 6) is -0.0701. The number of imidazole rings is 1. The van der Waals surface area contributed by atoms with Crippen LogP contribution in [0, 0.1) is 0 Å². The van der Waals surface area contributed by atoms with E-state index >= 15 is 0 Å². The smallest absolute Gasteiger partial charge is 0.332 e. The highest BCUT2D eigenvalue weighted by atomic mass is 32.1. The lowest BCUT2D eigenvalue weighted by molar-refractivity contribution is -0.121. The lowest BCUT2D eigenvalue weighted by atomic mass is 10.2. The zero-order valence-corrected chi connectivity index (χ0v) is 18.0. The van der Waals surface area contributed by atoms with Gasteiger partial charge in [-0.15, -0.1) is 11.3 Å². The highest BCUT2D eigenvalue weighted by Gasteiger charge is 2.24. The van der Waals surface area contributed by atoms with E-state index < -0.39 is 11.2 Å². The topological polar surface area (TPSA) is 94.2 Å². The summed E-state index contributed by atoms with van der Waals surface area (Å²) in [4.78, 5) is 45.0. The van der Waals surface area contributed by atoms with Crippen molar-refractivity contribution >= 4 is 28.4 Å². The Morgan fingerprint density at radius 2 is 2.00 bits per heavy atom. The van der Waals surface area contributed by atoms with Gasteiger partial charge in [-0.25, -0.2) is 9.78 Å². The lowest BCUT2D eigenvalue weighted by Gasteiger charge is -2.27. The van der Waals surface area contributed by atoms with Crippen LogP contribution in [0.4, 0.5) is 0 Å². The number of carbonyl (C=O) groups is 1. The van der Waals surface area contributed by atoms with E-state index in [1.165, 1.54) is 35.7 Å². The minimum Gasteiger partial charge on any atom is -0.354 e. The molecule has 3 aromatic heterocycles. The summed E-state index contributed by atoms with van der Waals surface area (Å²) in [5, 5.41) is 5.13. The van der Waals surface area contributed by atoms with Crippen LogP contribution in [0.5, 0.6) is 0 Å². The summed E-state index contributed by atoms with van der Waals surface area (Å²) in [6, 6.07) is 4.37. The van der Waals surface area contributed by atoms with Crippen molar-refractivity contribution in [2.45, 2.75) is 31.8 Å². The summed E-state index contributed by atoms with van der Waals surface area (Å²) < 4.78 is 4.05. The molecule has 1 fully saturated rings. The van der Waals surface area contributed by atoms with Crippen LogP contribution in [-0.4, -0.2) is 49.1 Å². The van der Waals surface area contributed by atoms with Crippen LogP contribution in [0.3, 0.4) is 0 Å². The number of thiophene rings is 1. The lowest BCUT2D eigenvalue weighted by Crippen LogP contribution is -2.38. The number of aryl methyl sites for hydroxylation is 2. The zero-order valence-electron chi connectivity index (χ0n) is 17.2. The SMILES string of the molecule is Cn1c(=O)c2c(ncn2CCC(=O)NC[C@@H](c2cccs2)N2CCCC2)n(C)c1=O. The van der Waals surface area contributed by atoms with Gasteiger partial charge in [-0.3, -0.25) is 23.6 Å². The maximum atomic E-state index is 12.5. The van der Waals surface area contributed by atoms with Crippen molar-refractivity contribution in [2.75, 3.05) is 19.6 Å². The first kappa shape index (κ1) is 20.5. The number of likely N-dealkylation sites (tertiary alicyclic amines) is 1. The van der Waals surface area contributed by atoms with Crippen LogP contribution in [0.2, 0.25) is 0 Å². The Morgan fingerprint density at radius 1 is 1.23 bits per heavy atom. The Hall–Kier alpha value is -2.72. The second-order valence-corrected chi connectivity index (χ2v) is 8.62. The Labute approximate surface area is 177 Å². The van der Waals surface area contributed by atoms with Gasteiger partial charge in [0, 0.05) is 38.5 Å². The largest absolute Gasteiger partial charge is 0.354 e. The third-order valence-corrected chi connectivity index (χ3v) is 6.72. The van der Waals surface area contributed by atoms with Crippen molar-refractivity contribution < 1.29 is 4.79 Å². The summed E-state index contributed by atoms with van der Waals surface area (Å²) in [6.07, 6.45) is 4.13. The van der Waals surface area contributed by atoms with Gasteiger partial charge >= 0.3 is 5.69 Å². The van der Waals surface area contributed by atoms with Gasteiger partial charge in [0.2, 0.25) is 5.91 Å². The molecule has 0 saturated carbocycles. The van der Waals surface area contributed by atoms with Crippen LogP contribution in [0.25, 0.3) is 11.2 Å². The maximum Gasteiger partial charge on any atom is 0.332 e. The molecule has 30 heavy (non-hydrogen) atoms. The molecule has 0 bridgehead atoms. The van der Waals surface area contributed by atoms with Crippen LogP contribution < -0.4 is 16.6 Å². The van der Waals surface area contributed by atoms with Gasteiger partial charge in [-0.2, -0.15) is 0 Å². The summed E-state index contributed by atoms with van der Waals surface area (Å²) in [6.45, 7) is 3.01. The normalized spacial score (nSPS) is 15.7. The zero-order chi connectivity index (χ0) is 21.3. The van der Waals surface area contributed by atoms with Crippen molar-refractivity contribution in [1.29, 1.82) is 0 Å². The fraction of sp³-hybridized carbons (Fsp3) is 0.500. The van der Waals surface area contributed by atoms with E-state index in [0.717, 1.165) is 17.7 Å². The average Bonchev–Trinajstić information content (AvgIpc) is 3.51. The second-order valence-electron chi connectivity index (χ2n) is 7.64. The minimum absolute atomic E-state index is 0.0701. The molecule has 4 heterocycles. The summed E-state index contributed by atoms with van der Waals surface area (Å²) in [5.41, 5.74) is -0.161. The molecule has 1 atom stereocenters. The van der Waals surface area contributed by atoms with Crippen LogP contribution in [0.1, 0.15) is 30.2 Å². The number of rotatable bonds is 7. The van der Waals surface area contributed by atoms with Crippen LogP contribution in [0.15, 0.2) is 33.4 Å². The average molecular weight is 431 g/mol. The molecule has 160 valence electrons. The van der Waals surface area contributed by atoms with Gasteiger partial charge in [0.1, 0.15) is 0 Å². The Kier molecular flexibility index (Phi) is 5.87. The van der Waals surface area contributed by atoms with Crippen molar-refractivity contribution in [2.24, 2.45) is 14.1 Å². The summed E-state index contributed by atoms with van der Waals surface area (Å²) >= 11 is 1.72. The number of hydrogen-bond acceptors (Lipinski definition) is 6. The molecule has 1 saturated heterocycles. The first-order valence-corrected chi connectivity index (χ1v) is 11.0. The number of amides is 1. The molecule has 0 aliphatic carbocycles. The molecule has 1 amide bonds. The molecule has 1 N–H and O–H groups in total. The highest BCUT2D eigenvalue weighted by Crippen LogP contribution is 2.27. The number of hydrogen-bond donors (Lipinski definition) is 1. The fourth-order valence-corrected chi connectivity index (χ4v) is 4.89. The van der Waals surface area contributed by atoms with E-state index in [0.29, 0.717) is 24.3 Å². The molecule has 0 unspecified atom stereocenters. The molecule has 3 aromatic rings. The molecule has 10 heteroatoms. The number of carbonyl (C=O) groups excluding carboxylic acids is 1. The number of aromatic nitrogens is 4. The first-order valence-electron chi connectivity index (χ1n) is 10.1. The van der Waals surface area contributed by atoms with E-state index in [4.69, 9.17) is 0 Å². The van der Waals surface area contributed by atoms with Crippen molar-refractivity contribution in [1.82, 2.24) is 28.9 Å². The van der Waals surface area contributed by atoms with Crippen molar-refractivity contribution in [3.05, 3.63) is 49.6 Å². The predicted octanol–water partition coefficient (Wildman–Crippen LogP) is 0.839. The molecule has 1 aliphatic heterocycles. The van der Waals surface area contributed by atoms with Gasteiger partial charge < -0.3 is 9.88 Å². The van der Waals surface area contributed by atoms with E-state index in [-0.39, 0.29) is 18.4 Å². The van der Waals surface area contributed by atoms with Gasteiger partial charge in [0.05, 0.1) is 12.4 Å². The highest BCUT2D eigenvalue weighted by molar-refractivity contribution is 7.10. The monoisotopic (exact) mass is 430 g/mol. The molecule has 0 spiro atoms. The minimum atomic E-state index is -0.419. The quantitative estimate of drug-likeness (QED) is 0.600. The van der Waals surface area contributed by atoms with Crippen LogP contribution in [-0.2, 0) is 25.4 Å². The number of nitrogens with zero attached hydrogens (tertiary/aromatic N) is 5. The van der Waals surface area contributed by atoms with E-state index in [2.05, 4.69) is 26.6 Å². The third-order valence-electron chi connectivity index (χ3n) is 5.74. The molecule has 9 nitrogen and oxygen atoms in total. The maximum absolute atomic E-state index is 12.5. The predicted molar refractivity (Wildman–Crippen MR) is 116 cm³/mol. The molecular formula is C20H26N6O3S. The molecule has 1 aliphatic rings. The van der Waals surface area contributed by atoms with Crippen molar-refractivity contribution in [3.8, 4) is 0 Å². The Bertz CT molecular complexity index is 1150.